The highest BCUT2D eigenvalue weighted by Gasteiger charge is 2.46. The number of hydrogen-bond donors (Lipinski definition) is 0. The molecule has 0 radical (unpaired) electrons. The van der Waals surface area contributed by atoms with Crippen LogP contribution in [0.4, 0.5) is 0 Å². The van der Waals surface area contributed by atoms with Gasteiger partial charge in [-0.15, -0.1) is 0 Å². The highest BCUT2D eigenvalue weighted by atomic mass is 15.2. The van der Waals surface area contributed by atoms with Crippen molar-refractivity contribution in [3.8, 4) is 0 Å². The van der Waals surface area contributed by atoms with E-state index in [4.69, 9.17) is 0 Å². The summed E-state index contributed by atoms with van der Waals surface area (Å²) >= 11 is 0. The van der Waals surface area contributed by atoms with E-state index in [0.717, 1.165) is 19.3 Å². The first-order valence-electron chi connectivity index (χ1n) is 8.73. The molecule has 0 saturated carbocycles. The average molecular weight is 309 g/mol. The van der Waals surface area contributed by atoms with Gasteiger partial charge < -0.3 is 9.15 Å². The number of rotatable bonds is 8. The maximum atomic E-state index is 4.39. The minimum absolute atomic E-state index is 0.00549. The van der Waals surface area contributed by atoms with E-state index in [1.54, 1.807) is 0 Å². The van der Waals surface area contributed by atoms with E-state index < -0.39 is 0 Å². The maximum absolute atomic E-state index is 4.39. The van der Waals surface area contributed by atoms with Gasteiger partial charge in [-0.1, -0.05) is 62.3 Å². The Labute approximate surface area is 140 Å². The second kappa shape index (κ2) is 7.57. The maximum Gasteiger partial charge on any atom is 0.194 e. The van der Waals surface area contributed by atoms with Crippen LogP contribution in [0.1, 0.15) is 81.6 Å². The molecule has 0 aliphatic carbocycles. The number of nitrogens with zero attached hydrogens (tertiary/aromatic N) is 2. The lowest BCUT2D eigenvalue weighted by Crippen LogP contribution is -2.55. The Hall–Kier alpha value is -0.920. The molecule has 0 aliphatic rings. The van der Waals surface area contributed by atoms with Crippen molar-refractivity contribution in [1.82, 2.24) is 0 Å². The summed E-state index contributed by atoms with van der Waals surface area (Å²) in [6.45, 7) is 33.4. The second-order valence-electron chi connectivity index (χ2n) is 8.71. The first-order valence-corrected chi connectivity index (χ1v) is 8.73. The fourth-order valence-electron chi connectivity index (χ4n) is 3.43. The lowest BCUT2D eigenvalue weighted by molar-refractivity contribution is -0.659. The van der Waals surface area contributed by atoms with Crippen LogP contribution in [0.25, 0.3) is 0 Å². The quantitative estimate of drug-likeness (QED) is 0.332. The molecule has 0 bridgehead atoms. The molecule has 0 amide bonds. The molecule has 0 saturated heterocycles. The SMILES string of the molecule is C=[N+]([CH-]C(C)(C)C)C(CC)C(CC)(CC)[N+](=C)[CH-]C(C)(C)C. The average Bonchev–Trinajstić information content (AvgIpc) is 2.31. The second-order valence-corrected chi connectivity index (χ2v) is 8.71. The third-order valence-corrected chi connectivity index (χ3v) is 4.30. The molecule has 0 aromatic carbocycles. The van der Waals surface area contributed by atoms with Crippen molar-refractivity contribution in [2.75, 3.05) is 0 Å². The smallest absolute Gasteiger partial charge is 0.194 e. The molecular formula is C20H40N2. The Balaban J connectivity index is 5.58. The van der Waals surface area contributed by atoms with Gasteiger partial charge in [0.1, 0.15) is 0 Å². The number of hydrogen-bond acceptors (Lipinski definition) is 0. The van der Waals surface area contributed by atoms with Gasteiger partial charge in [0.15, 0.2) is 11.6 Å². The van der Waals surface area contributed by atoms with Crippen LogP contribution >= 0.6 is 0 Å². The first-order chi connectivity index (χ1) is 9.83. The Bertz CT molecular complexity index is 375. The van der Waals surface area contributed by atoms with Crippen LogP contribution in [0.5, 0.6) is 0 Å². The van der Waals surface area contributed by atoms with Crippen LogP contribution < -0.4 is 0 Å². The molecule has 0 aliphatic heterocycles. The van der Waals surface area contributed by atoms with Gasteiger partial charge in [-0.25, -0.2) is 0 Å². The van der Waals surface area contributed by atoms with Gasteiger partial charge in [0.25, 0.3) is 0 Å². The van der Waals surface area contributed by atoms with Crippen molar-refractivity contribution in [1.29, 1.82) is 0 Å². The van der Waals surface area contributed by atoms with Crippen molar-refractivity contribution in [2.45, 2.75) is 93.2 Å². The summed E-state index contributed by atoms with van der Waals surface area (Å²) < 4.78 is 4.40. The van der Waals surface area contributed by atoms with Crippen LogP contribution in [-0.4, -0.2) is 34.2 Å². The van der Waals surface area contributed by atoms with Crippen molar-refractivity contribution >= 4 is 13.4 Å². The van der Waals surface area contributed by atoms with E-state index in [9.17, 15) is 0 Å². The topological polar surface area (TPSA) is 6.02 Å². The predicted octanol–water partition coefficient (Wildman–Crippen LogP) is 5.17. The highest BCUT2D eigenvalue weighted by Crippen LogP contribution is 2.34. The third kappa shape index (κ3) is 5.70. The summed E-state index contributed by atoms with van der Waals surface area (Å²) in [5.74, 6) is 0. The predicted molar refractivity (Wildman–Crippen MR) is 99.7 cm³/mol. The molecule has 2 nitrogen and oxygen atoms in total. The molecule has 0 rings (SSSR count). The van der Waals surface area contributed by atoms with Gasteiger partial charge in [-0.2, -0.15) is 0 Å². The molecule has 0 N–H and O–H groups in total. The Morgan fingerprint density at radius 2 is 1.23 bits per heavy atom. The summed E-state index contributed by atoms with van der Waals surface area (Å²) in [6, 6.07) is 0.345. The lowest BCUT2D eigenvalue weighted by Gasteiger charge is -2.42. The zero-order chi connectivity index (χ0) is 17.8. The molecule has 0 spiro atoms. The molecule has 2 heteroatoms. The van der Waals surface area contributed by atoms with Crippen molar-refractivity contribution in [3.05, 3.63) is 13.1 Å². The van der Waals surface area contributed by atoms with E-state index in [-0.39, 0.29) is 16.4 Å². The van der Waals surface area contributed by atoms with Crippen molar-refractivity contribution in [2.24, 2.45) is 10.8 Å². The van der Waals surface area contributed by atoms with E-state index >= 15 is 0 Å². The molecule has 0 aromatic rings. The summed E-state index contributed by atoms with van der Waals surface area (Å²) in [5, 5.41) is 0. The van der Waals surface area contributed by atoms with Crippen molar-refractivity contribution in [3.63, 3.8) is 0 Å². The van der Waals surface area contributed by atoms with E-state index in [1.807, 2.05) is 0 Å². The molecule has 0 fully saturated rings. The van der Waals surface area contributed by atoms with Gasteiger partial charge in [-0.05, 0) is 24.3 Å². The molecule has 0 heterocycles. The van der Waals surface area contributed by atoms with E-state index in [0.29, 0.717) is 6.04 Å². The first kappa shape index (κ1) is 21.1. The van der Waals surface area contributed by atoms with Crippen LogP contribution in [0, 0.1) is 23.9 Å². The fourth-order valence-corrected chi connectivity index (χ4v) is 3.43. The molecule has 1 atom stereocenters. The third-order valence-electron chi connectivity index (χ3n) is 4.30. The summed E-state index contributed by atoms with van der Waals surface area (Å²) in [5.41, 5.74) is 0.253. The standard InChI is InChI=1S/C20H40N2/c1-12-17(21(10)15-18(4,5)6)20(13-2,14-3)22(11)16-19(7,8)9/h15-17H,10-14H2,1-9H3. The van der Waals surface area contributed by atoms with Crippen LogP contribution in [0.15, 0.2) is 0 Å². The fraction of sp³-hybridized carbons (Fsp3) is 0.800. The largest absolute Gasteiger partial charge is 0.363 e. The summed E-state index contributed by atoms with van der Waals surface area (Å²) in [6.07, 6.45) is 3.17. The van der Waals surface area contributed by atoms with Crippen molar-refractivity contribution < 1.29 is 9.15 Å². The molecular weight excluding hydrogens is 268 g/mol. The van der Waals surface area contributed by atoms with Gasteiger partial charge in [0, 0.05) is 32.4 Å². The Morgan fingerprint density at radius 3 is 1.50 bits per heavy atom. The minimum atomic E-state index is 0.00549. The van der Waals surface area contributed by atoms with Crippen LogP contribution in [-0.2, 0) is 0 Å². The van der Waals surface area contributed by atoms with Gasteiger partial charge in [0.2, 0.25) is 0 Å². The molecule has 22 heavy (non-hydrogen) atoms. The summed E-state index contributed by atoms with van der Waals surface area (Å²) in [7, 11) is 0. The highest BCUT2D eigenvalue weighted by molar-refractivity contribution is 5.19. The lowest BCUT2D eigenvalue weighted by atomic mass is 9.80. The zero-order valence-corrected chi connectivity index (χ0v) is 16.7. The van der Waals surface area contributed by atoms with Gasteiger partial charge >= 0.3 is 0 Å². The van der Waals surface area contributed by atoms with Crippen LogP contribution in [0.2, 0.25) is 0 Å². The Morgan fingerprint density at radius 1 is 0.818 bits per heavy atom. The normalized spacial score (nSPS) is 14.4. The van der Waals surface area contributed by atoms with E-state index in [1.165, 1.54) is 0 Å². The monoisotopic (exact) mass is 308 g/mol. The molecule has 130 valence electrons. The zero-order valence-electron chi connectivity index (χ0n) is 16.7. The van der Waals surface area contributed by atoms with Gasteiger partial charge in [-0.3, -0.25) is 0 Å². The van der Waals surface area contributed by atoms with E-state index in [2.05, 4.69) is 98.0 Å². The van der Waals surface area contributed by atoms with Gasteiger partial charge in [0.05, 0.1) is 0 Å². The molecule has 1 unspecified atom stereocenters. The Kier molecular flexibility index (Phi) is 7.25. The summed E-state index contributed by atoms with van der Waals surface area (Å²) in [4.78, 5) is 0. The minimum Gasteiger partial charge on any atom is -0.363 e. The molecule has 0 aromatic heterocycles. The van der Waals surface area contributed by atoms with Crippen LogP contribution in [0.3, 0.4) is 0 Å².